The lowest BCUT2D eigenvalue weighted by Gasteiger charge is -2.45. The summed E-state index contributed by atoms with van der Waals surface area (Å²) in [4.78, 5) is 2.67. The van der Waals surface area contributed by atoms with E-state index in [2.05, 4.69) is 56.9 Å². The standard InChI is InChI=1S/C18H27N/c1-14-18(12-8-5-9-13-18)15-10-6-7-11-16(15)19(14)17(2,3)4/h6-7,10-11,14H,5,8-9,12-13H2,1-4H3/t14-/m0/s1. The molecule has 0 N–H and O–H groups in total. The molecule has 104 valence electrons. The first-order valence-electron chi connectivity index (χ1n) is 7.86. The monoisotopic (exact) mass is 257 g/mol. The molecule has 0 aromatic heterocycles. The smallest absolute Gasteiger partial charge is 0.0412 e. The van der Waals surface area contributed by atoms with E-state index in [4.69, 9.17) is 0 Å². The van der Waals surface area contributed by atoms with E-state index >= 15 is 0 Å². The molecule has 1 aliphatic carbocycles. The second-order valence-corrected chi connectivity index (χ2v) is 7.45. The minimum absolute atomic E-state index is 0.205. The fourth-order valence-corrected chi connectivity index (χ4v) is 4.60. The summed E-state index contributed by atoms with van der Waals surface area (Å²) in [5, 5.41) is 0. The van der Waals surface area contributed by atoms with Crippen LogP contribution in [-0.2, 0) is 5.41 Å². The number of nitrogens with zero attached hydrogens (tertiary/aromatic N) is 1. The van der Waals surface area contributed by atoms with Gasteiger partial charge in [0.25, 0.3) is 0 Å². The Morgan fingerprint density at radius 3 is 2.32 bits per heavy atom. The Morgan fingerprint density at radius 1 is 1.05 bits per heavy atom. The largest absolute Gasteiger partial charge is 0.363 e. The topological polar surface area (TPSA) is 3.24 Å². The lowest BCUT2D eigenvalue weighted by Crippen LogP contribution is -2.51. The molecule has 0 radical (unpaired) electrons. The van der Waals surface area contributed by atoms with Crippen LogP contribution in [0.4, 0.5) is 5.69 Å². The van der Waals surface area contributed by atoms with Crippen LogP contribution in [0.25, 0.3) is 0 Å². The average molecular weight is 257 g/mol. The Labute approximate surface area is 118 Å². The Kier molecular flexibility index (Phi) is 2.92. The number of para-hydroxylation sites is 1. The van der Waals surface area contributed by atoms with Crippen LogP contribution in [0.3, 0.4) is 0 Å². The minimum atomic E-state index is 0.205. The molecule has 19 heavy (non-hydrogen) atoms. The molecular formula is C18H27N. The number of rotatable bonds is 0. The second kappa shape index (κ2) is 4.26. The van der Waals surface area contributed by atoms with Crippen LogP contribution in [-0.4, -0.2) is 11.6 Å². The molecule has 0 unspecified atom stereocenters. The van der Waals surface area contributed by atoms with E-state index in [0.717, 1.165) is 0 Å². The van der Waals surface area contributed by atoms with Crippen molar-refractivity contribution in [2.45, 2.75) is 76.8 Å². The van der Waals surface area contributed by atoms with Crippen molar-refractivity contribution in [2.24, 2.45) is 0 Å². The fourth-order valence-electron chi connectivity index (χ4n) is 4.60. The molecule has 1 spiro atoms. The van der Waals surface area contributed by atoms with E-state index < -0.39 is 0 Å². The molecule has 1 aromatic rings. The van der Waals surface area contributed by atoms with Gasteiger partial charge in [0.15, 0.2) is 0 Å². The molecule has 2 aliphatic rings. The summed E-state index contributed by atoms with van der Waals surface area (Å²) in [5.74, 6) is 0. The molecule has 0 saturated heterocycles. The summed E-state index contributed by atoms with van der Waals surface area (Å²) >= 11 is 0. The van der Waals surface area contributed by atoms with Crippen LogP contribution in [0, 0.1) is 0 Å². The fraction of sp³-hybridized carbons (Fsp3) is 0.667. The van der Waals surface area contributed by atoms with Gasteiger partial charge in [0, 0.05) is 22.7 Å². The van der Waals surface area contributed by atoms with Crippen molar-refractivity contribution in [3.05, 3.63) is 29.8 Å². The SMILES string of the molecule is C[C@@H]1N(C(C)(C)C)c2ccccc2C12CCCCC2. The average Bonchev–Trinajstić information content (AvgIpc) is 2.61. The number of benzene rings is 1. The van der Waals surface area contributed by atoms with Crippen molar-refractivity contribution in [1.29, 1.82) is 0 Å². The maximum Gasteiger partial charge on any atom is 0.0412 e. The van der Waals surface area contributed by atoms with Crippen molar-refractivity contribution in [2.75, 3.05) is 4.90 Å². The van der Waals surface area contributed by atoms with Crippen LogP contribution < -0.4 is 4.90 Å². The lowest BCUT2D eigenvalue weighted by molar-refractivity contribution is 0.247. The normalized spacial score (nSPS) is 25.7. The molecule has 1 atom stereocenters. The summed E-state index contributed by atoms with van der Waals surface area (Å²) < 4.78 is 0. The zero-order valence-corrected chi connectivity index (χ0v) is 12.9. The van der Waals surface area contributed by atoms with Gasteiger partial charge in [0.05, 0.1) is 0 Å². The molecule has 1 aliphatic heterocycles. The van der Waals surface area contributed by atoms with Gasteiger partial charge >= 0.3 is 0 Å². The minimum Gasteiger partial charge on any atom is -0.363 e. The highest BCUT2D eigenvalue weighted by Gasteiger charge is 2.50. The molecule has 1 aromatic carbocycles. The highest BCUT2D eigenvalue weighted by atomic mass is 15.3. The van der Waals surface area contributed by atoms with Gasteiger partial charge in [-0.2, -0.15) is 0 Å². The molecule has 0 amide bonds. The zero-order chi connectivity index (χ0) is 13.7. The first-order valence-corrected chi connectivity index (χ1v) is 7.86. The van der Waals surface area contributed by atoms with Gasteiger partial charge in [0.1, 0.15) is 0 Å². The second-order valence-electron chi connectivity index (χ2n) is 7.45. The van der Waals surface area contributed by atoms with Gasteiger partial charge in [0.2, 0.25) is 0 Å². The van der Waals surface area contributed by atoms with Gasteiger partial charge < -0.3 is 4.90 Å². The molecule has 1 nitrogen and oxygen atoms in total. The quantitative estimate of drug-likeness (QED) is 0.639. The predicted octanol–water partition coefficient (Wildman–Crippen LogP) is 4.90. The number of hydrogen-bond acceptors (Lipinski definition) is 1. The maximum absolute atomic E-state index is 2.67. The van der Waals surface area contributed by atoms with Crippen LogP contribution in [0.2, 0.25) is 0 Å². The van der Waals surface area contributed by atoms with Gasteiger partial charge in [-0.25, -0.2) is 0 Å². The van der Waals surface area contributed by atoms with Crippen molar-refractivity contribution >= 4 is 5.69 Å². The third-order valence-corrected chi connectivity index (χ3v) is 5.36. The summed E-state index contributed by atoms with van der Waals surface area (Å²) in [6, 6.07) is 9.79. The third-order valence-electron chi connectivity index (χ3n) is 5.36. The van der Waals surface area contributed by atoms with Crippen LogP contribution in [0.1, 0.15) is 65.4 Å². The molecule has 1 heterocycles. The Balaban J connectivity index is 2.14. The molecule has 1 fully saturated rings. The van der Waals surface area contributed by atoms with Crippen LogP contribution >= 0.6 is 0 Å². The summed E-state index contributed by atoms with van der Waals surface area (Å²) in [7, 11) is 0. The lowest BCUT2D eigenvalue weighted by atomic mass is 9.67. The third kappa shape index (κ3) is 1.81. The Bertz CT molecular complexity index is 463. The first-order chi connectivity index (χ1) is 8.97. The van der Waals surface area contributed by atoms with Crippen LogP contribution in [0.5, 0.6) is 0 Å². The van der Waals surface area contributed by atoms with Crippen molar-refractivity contribution in [3.8, 4) is 0 Å². The van der Waals surface area contributed by atoms with Gasteiger partial charge in [-0.1, -0.05) is 37.5 Å². The Hall–Kier alpha value is -0.980. The summed E-state index contributed by atoms with van der Waals surface area (Å²) in [6.45, 7) is 9.50. The predicted molar refractivity (Wildman–Crippen MR) is 82.9 cm³/mol. The summed E-state index contributed by atoms with van der Waals surface area (Å²) in [5.41, 5.74) is 3.74. The molecule has 1 saturated carbocycles. The van der Waals surface area contributed by atoms with E-state index in [-0.39, 0.29) is 5.54 Å². The van der Waals surface area contributed by atoms with E-state index in [1.165, 1.54) is 37.8 Å². The van der Waals surface area contributed by atoms with Crippen molar-refractivity contribution < 1.29 is 0 Å². The Morgan fingerprint density at radius 2 is 1.68 bits per heavy atom. The van der Waals surface area contributed by atoms with E-state index in [1.807, 2.05) is 0 Å². The molecule has 3 rings (SSSR count). The zero-order valence-electron chi connectivity index (χ0n) is 12.9. The van der Waals surface area contributed by atoms with E-state index in [1.54, 1.807) is 5.56 Å². The van der Waals surface area contributed by atoms with Crippen molar-refractivity contribution in [3.63, 3.8) is 0 Å². The highest BCUT2D eigenvalue weighted by Crippen LogP contribution is 2.54. The highest BCUT2D eigenvalue weighted by molar-refractivity contribution is 5.66. The molecular weight excluding hydrogens is 230 g/mol. The van der Waals surface area contributed by atoms with Gasteiger partial charge in [-0.3, -0.25) is 0 Å². The van der Waals surface area contributed by atoms with Gasteiger partial charge in [-0.05, 0) is 52.2 Å². The molecule has 1 heteroatoms. The number of hydrogen-bond donors (Lipinski definition) is 0. The van der Waals surface area contributed by atoms with E-state index in [9.17, 15) is 0 Å². The van der Waals surface area contributed by atoms with Gasteiger partial charge in [-0.15, -0.1) is 0 Å². The molecule has 0 bridgehead atoms. The summed E-state index contributed by atoms with van der Waals surface area (Å²) in [6.07, 6.45) is 6.97. The maximum atomic E-state index is 2.67. The first kappa shape index (κ1) is 13.0. The number of fused-ring (bicyclic) bond motifs is 2. The number of anilines is 1. The van der Waals surface area contributed by atoms with Crippen LogP contribution in [0.15, 0.2) is 24.3 Å². The van der Waals surface area contributed by atoms with Crippen molar-refractivity contribution in [1.82, 2.24) is 0 Å². The van der Waals surface area contributed by atoms with E-state index in [0.29, 0.717) is 11.5 Å².